The SMILES string of the molecule is CNC(=O)c1ccc(NC(CC2CCC2)c2ccccc2)c([N+](=O)[O-])c1. The van der Waals surface area contributed by atoms with Crippen molar-refractivity contribution in [3.8, 4) is 0 Å². The molecule has 2 aromatic rings. The van der Waals surface area contributed by atoms with E-state index in [-0.39, 0.29) is 23.2 Å². The van der Waals surface area contributed by atoms with Crippen LogP contribution in [-0.4, -0.2) is 17.9 Å². The predicted molar refractivity (Wildman–Crippen MR) is 101 cm³/mol. The summed E-state index contributed by atoms with van der Waals surface area (Å²) in [6, 6.07) is 14.6. The highest BCUT2D eigenvalue weighted by Gasteiger charge is 2.25. The number of carbonyl (C=O) groups is 1. The minimum Gasteiger partial charge on any atom is -0.373 e. The average molecular weight is 353 g/mol. The topological polar surface area (TPSA) is 84.3 Å². The summed E-state index contributed by atoms with van der Waals surface area (Å²) >= 11 is 0. The highest BCUT2D eigenvalue weighted by Crippen LogP contribution is 2.38. The summed E-state index contributed by atoms with van der Waals surface area (Å²) in [5.74, 6) is 0.311. The van der Waals surface area contributed by atoms with E-state index >= 15 is 0 Å². The summed E-state index contributed by atoms with van der Waals surface area (Å²) in [5, 5.41) is 17.4. The Balaban J connectivity index is 1.89. The molecule has 2 N–H and O–H groups in total. The summed E-state index contributed by atoms with van der Waals surface area (Å²) in [6.45, 7) is 0. The first-order valence-electron chi connectivity index (χ1n) is 8.90. The lowest BCUT2D eigenvalue weighted by Gasteiger charge is -2.31. The number of anilines is 1. The minimum absolute atomic E-state index is 0.00560. The molecule has 3 rings (SSSR count). The van der Waals surface area contributed by atoms with Gasteiger partial charge in [-0.1, -0.05) is 49.6 Å². The van der Waals surface area contributed by atoms with Gasteiger partial charge < -0.3 is 10.6 Å². The van der Waals surface area contributed by atoms with E-state index in [1.165, 1.54) is 32.4 Å². The van der Waals surface area contributed by atoms with Gasteiger partial charge in [0.15, 0.2) is 0 Å². The van der Waals surface area contributed by atoms with Crippen LogP contribution in [0.25, 0.3) is 0 Å². The molecule has 1 aliphatic rings. The number of rotatable bonds is 7. The fraction of sp³-hybridized carbons (Fsp3) is 0.350. The molecule has 6 nitrogen and oxygen atoms in total. The second-order valence-electron chi connectivity index (χ2n) is 6.71. The Labute approximate surface area is 152 Å². The van der Waals surface area contributed by atoms with Gasteiger partial charge in [-0.3, -0.25) is 14.9 Å². The van der Waals surface area contributed by atoms with Gasteiger partial charge in [-0.2, -0.15) is 0 Å². The zero-order valence-corrected chi connectivity index (χ0v) is 14.8. The molecule has 26 heavy (non-hydrogen) atoms. The third-order valence-electron chi connectivity index (χ3n) is 5.01. The van der Waals surface area contributed by atoms with Crippen LogP contribution in [0.4, 0.5) is 11.4 Å². The number of nitrogens with zero attached hydrogens (tertiary/aromatic N) is 1. The zero-order chi connectivity index (χ0) is 18.5. The van der Waals surface area contributed by atoms with E-state index in [0.29, 0.717) is 11.6 Å². The lowest BCUT2D eigenvalue weighted by molar-refractivity contribution is -0.384. The molecule has 0 bridgehead atoms. The van der Waals surface area contributed by atoms with E-state index in [0.717, 1.165) is 12.0 Å². The van der Waals surface area contributed by atoms with Crippen molar-refractivity contribution >= 4 is 17.3 Å². The van der Waals surface area contributed by atoms with E-state index in [1.807, 2.05) is 30.3 Å². The van der Waals surface area contributed by atoms with Gasteiger partial charge in [0.1, 0.15) is 5.69 Å². The van der Waals surface area contributed by atoms with Crippen LogP contribution < -0.4 is 10.6 Å². The summed E-state index contributed by atoms with van der Waals surface area (Å²) in [5.41, 5.74) is 1.75. The van der Waals surface area contributed by atoms with Crippen molar-refractivity contribution in [3.63, 3.8) is 0 Å². The third kappa shape index (κ3) is 4.02. The van der Waals surface area contributed by atoms with Crippen LogP contribution in [0.1, 0.15) is 47.6 Å². The first-order valence-corrected chi connectivity index (χ1v) is 8.90. The van der Waals surface area contributed by atoms with Crippen LogP contribution >= 0.6 is 0 Å². The van der Waals surface area contributed by atoms with Crippen molar-refractivity contribution in [2.45, 2.75) is 31.7 Å². The van der Waals surface area contributed by atoms with Gasteiger partial charge >= 0.3 is 0 Å². The van der Waals surface area contributed by atoms with Gasteiger partial charge in [0.25, 0.3) is 11.6 Å². The van der Waals surface area contributed by atoms with Gasteiger partial charge in [0, 0.05) is 18.7 Å². The predicted octanol–water partition coefficient (Wildman–Crippen LogP) is 4.30. The van der Waals surface area contributed by atoms with Gasteiger partial charge in [-0.25, -0.2) is 0 Å². The van der Waals surface area contributed by atoms with E-state index < -0.39 is 4.92 Å². The maximum atomic E-state index is 11.8. The second-order valence-corrected chi connectivity index (χ2v) is 6.71. The third-order valence-corrected chi connectivity index (χ3v) is 5.01. The molecule has 1 saturated carbocycles. The lowest BCUT2D eigenvalue weighted by atomic mass is 9.79. The van der Waals surface area contributed by atoms with Crippen molar-refractivity contribution in [1.82, 2.24) is 5.32 Å². The van der Waals surface area contributed by atoms with E-state index in [9.17, 15) is 14.9 Å². The van der Waals surface area contributed by atoms with Crippen LogP contribution in [-0.2, 0) is 0 Å². The molecule has 1 atom stereocenters. The van der Waals surface area contributed by atoms with Crippen LogP contribution in [0.5, 0.6) is 0 Å². The molecule has 0 spiro atoms. The van der Waals surface area contributed by atoms with Crippen LogP contribution in [0, 0.1) is 16.0 Å². The van der Waals surface area contributed by atoms with Crippen molar-refractivity contribution in [3.05, 3.63) is 69.8 Å². The molecule has 0 heterocycles. The summed E-state index contributed by atoms with van der Waals surface area (Å²) in [6.07, 6.45) is 4.62. The average Bonchev–Trinajstić information content (AvgIpc) is 2.63. The Morgan fingerprint density at radius 1 is 1.23 bits per heavy atom. The molecule has 0 radical (unpaired) electrons. The second kappa shape index (κ2) is 7.99. The van der Waals surface area contributed by atoms with E-state index in [1.54, 1.807) is 12.1 Å². The van der Waals surface area contributed by atoms with Gasteiger partial charge in [-0.05, 0) is 30.0 Å². The number of amides is 1. The number of benzene rings is 2. The Kier molecular flexibility index (Phi) is 5.51. The quantitative estimate of drug-likeness (QED) is 0.574. The molecule has 136 valence electrons. The summed E-state index contributed by atoms with van der Waals surface area (Å²) in [4.78, 5) is 22.9. The first kappa shape index (κ1) is 17.9. The maximum Gasteiger partial charge on any atom is 0.293 e. The zero-order valence-electron chi connectivity index (χ0n) is 14.8. The molecule has 2 aromatic carbocycles. The van der Waals surface area contributed by atoms with Crippen molar-refractivity contribution in [2.75, 3.05) is 12.4 Å². The van der Waals surface area contributed by atoms with Gasteiger partial charge in [-0.15, -0.1) is 0 Å². The van der Waals surface area contributed by atoms with Gasteiger partial charge in [0.2, 0.25) is 0 Å². The minimum atomic E-state index is -0.444. The molecule has 0 aromatic heterocycles. The van der Waals surface area contributed by atoms with Crippen molar-refractivity contribution in [2.24, 2.45) is 5.92 Å². The number of nitro groups is 1. The van der Waals surface area contributed by atoms with Gasteiger partial charge in [0.05, 0.1) is 11.0 Å². The molecular formula is C20H23N3O3. The molecule has 1 aliphatic carbocycles. The Morgan fingerprint density at radius 3 is 2.54 bits per heavy atom. The first-order chi connectivity index (χ1) is 12.6. The molecule has 1 fully saturated rings. The number of carbonyl (C=O) groups excluding carboxylic acids is 1. The fourth-order valence-corrected chi connectivity index (χ4v) is 3.30. The van der Waals surface area contributed by atoms with Crippen molar-refractivity contribution in [1.29, 1.82) is 0 Å². The fourth-order valence-electron chi connectivity index (χ4n) is 3.30. The Hall–Kier alpha value is -2.89. The summed E-state index contributed by atoms with van der Waals surface area (Å²) in [7, 11) is 1.50. The highest BCUT2D eigenvalue weighted by atomic mass is 16.6. The van der Waals surface area contributed by atoms with Crippen LogP contribution in [0.15, 0.2) is 48.5 Å². The van der Waals surface area contributed by atoms with E-state index in [4.69, 9.17) is 0 Å². The van der Waals surface area contributed by atoms with Crippen molar-refractivity contribution < 1.29 is 9.72 Å². The van der Waals surface area contributed by atoms with Crippen LogP contribution in [0.2, 0.25) is 0 Å². The molecule has 1 amide bonds. The number of nitro benzene ring substituents is 1. The Bertz CT molecular complexity index is 788. The monoisotopic (exact) mass is 353 g/mol. The highest BCUT2D eigenvalue weighted by molar-refractivity contribution is 5.95. The number of nitrogens with one attached hydrogen (secondary N) is 2. The lowest BCUT2D eigenvalue weighted by Crippen LogP contribution is -2.21. The molecule has 0 aliphatic heterocycles. The smallest absolute Gasteiger partial charge is 0.293 e. The largest absolute Gasteiger partial charge is 0.373 e. The van der Waals surface area contributed by atoms with Crippen LogP contribution in [0.3, 0.4) is 0 Å². The standard InChI is InChI=1S/C20H23N3O3/c1-21-20(24)16-10-11-17(19(13-16)23(25)26)22-18(12-14-6-5-7-14)15-8-3-2-4-9-15/h2-4,8-11,13-14,18,22H,5-7,12H2,1H3,(H,21,24). The van der Waals surface area contributed by atoms with E-state index in [2.05, 4.69) is 10.6 Å². The maximum absolute atomic E-state index is 11.8. The molecule has 6 heteroatoms. The molecule has 1 unspecified atom stereocenters. The number of hydrogen-bond donors (Lipinski definition) is 2. The number of hydrogen-bond acceptors (Lipinski definition) is 4. The summed E-state index contributed by atoms with van der Waals surface area (Å²) < 4.78 is 0. The Morgan fingerprint density at radius 2 is 1.96 bits per heavy atom. The normalized spacial score (nSPS) is 15.0. The molecule has 0 saturated heterocycles. The molecular weight excluding hydrogens is 330 g/mol.